The summed E-state index contributed by atoms with van der Waals surface area (Å²) in [5.41, 5.74) is 2.82. The van der Waals surface area contributed by atoms with Gasteiger partial charge in [-0.1, -0.05) is 13.8 Å². The molecule has 0 saturated carbocycles. The van der Waals surface area contributed by atoms with E-state index in [2.05, 4.69) is 29.4 Å². The molecular formula is C14H23ClN4OS. The lowest BCUT2D eigenvalue weighted by molar-refractivity contribution is 0.0748. The van der Waals surface area contributed by atoms with Crippen LogP contribution in [0.1, 0.15) is 35.6 Å². The molecular weight excluding hydrogens is 308 g/mol. The van der Waals surface area contributed by atoms with Crippen LogP contribution in [0.3, 0.4) is 0 Å². The van der Waals surface area contributed by atoms with Crippen LogP contribution in [0.4, 0.5) is 0 Å². The number of thioether (sulfide) groups is 1. The molecule has 2 aliphatic heterocycles. The Bertz CT molecular complexity index is 505. The van der Waals surface area contributed by atoms with Crippen molar-refractivity contribution in [1.82, 2.24) is 20.4 Å². The van der Waals surface area contributed by atoms with Gasteiger partial charge in [-0.15, -0.1) is 12.4 Å². The van der Waals surface area contributed by atoms with Crippen LogP contribution in [-0.2, 0) is 13.0 Å². The van der Waals surface area contributed by atoms with Crippen molar-refractivity contribution in [2.75, 3.05) is 25.4 Å². The van der Waals surface area contributed by atoms with Crippen LogP contribution in [0.15, 0.2) is 0 Å². The van der Waals surface area contributed by atoms with E-state index in [4.69, 9.17) is 0 Å². The van der Waals surface area contributed by atoms with E-state index in [1.807, 2.05) is 16.7 Å². The van der Waals surface area contributed by atoms with Crippen molar-refractivity contribution in [3.05, 3.63) is 17.0 Å². The normalized spacial score (nSPS) is 21.9. The number of carbonyl (C=O) groups excluding carboxylic acids is 1. The second-order valence-corrected chi connectivity index (χ2v) is 7.21. The summed E-state index contributed by atoms with van der Waals surface area (Å²) in [4.78, 5) is 14.7. The molecule has 1 saturated heterocycles. The molecule has 1 unspecified atom stereocenters. The molecule has 0 bridgehead atoms. The first-order valence-electron chi connectivity index (χ1n) is 7.34. The Morgan fingerprint density at radius 2 is 2.29 bits per heavy atom. The summed E-state index contributed by atoms with van der Waals surface area (Å²) in [5.74, 6) is 1.72. The lowest BCUT2D eigenvalue weighted by Crippen LogP contribution is -2.44. The molecule has 0 aliphatic carbocycles. The number of rotatable bonds is 2. The van der Waals surface area contributed by atoms with Crippen molar-refractivity contribution in [3.8, 4) is 0 Å². The Hall–Kier alpha value is -0.720. The standard InChI is InChI=1S/C14H22N4OS.ClH/c1-9(2)12-8-18(5-6-20-12)14(19)13-10-7-15-4-3-11(10)16-17-13;/h9,12,15H,3-8H2,1-2H3,(H,16,17);1H. The molecule has 1 amide bonds. The van der Waals surface area contributed by atoms with Gasteiger partial charge in [-0.3, -0.25) is 9.89 Å². The fourth-order valence-electron chi connectivity index (χ4n) is 2.82. The summed E-state index contributed by atoms with van der Waals surface area (Å²) < 4.78 is 0. The smallest absolute Gasteiger partial charge is 0.274 e. The van der Waals surface area contributed by atoms with E-state index >= 15 is 0 Å². The summed E-state index contributed by atoms with van der Waals surface area (Å²) in [7, 11) is 0. The number of hydrogen-bond acceptors (Lipinski definition) is 4. The highest BCUT2D eigenvalue weighted by atomic mass is 35.5. The summed E-state index contributed by atoms with van der Waals surface area (Å²) >= 11 is 1.98. The average molecular weight is 331 g/mol. The Morgan fingerprint density at radius 3 is 3.05 bits per heavy atom. The van der Waals surface area contributed by atoms with Crippen LogP contribution >= 0.6 is 24.2 Å². The van der Waals surface area contributed by atoms with Crippen LogP contribution in [0, 0.1) is 5.92 Å². The lowest BCUT2D eigenvalue weighted by Gasteiger charge is -2.34. The first-order chi connectivity index (χ1) is 9.66. The summed E-state index contributed by atoms with van der Waals surface area (Å²) in [5, 5.41) is 11.2. The molecule has 5 nitrogen and oxygen atoms in total. The van der Waals surface area contributed by atoms with E-state index < -0.39 is 0 Å². The third-order valence-electron chi connectivity index (χ3n) is 4.13. The second kappa shape index (κ2) is 7.03. The van der Waals surface area contributed by atoms with Gasteiger partial charge in [0.25, 0.3) is 5.91 Å². The minimum Gasteiger partial charge on any atom is -0.335 e. The maximum Gasteiger partial charge on any atom is 0.274 e. The zero-order valence-electron chi connectivity index (χ0n) is 12.5. The van der Waals surface area contributed by atoms with E-state index in [1.165, 1.54) is 0 Å². The highest BCUT2D eigenvalue weighted by molar-refractivity contribution is 8.00. The third-order valence-corrected chi connectivity index (χ3v) is 5.67. The van der Waals surface area contributed by atoms with Crippen molar-refractivity contribution in [2.45, 2.75) is 32.1 Å². The molecule has 1 fully saturated rings. The van der Waals surface area contributed by atoms with Crippen molar-refractivity contribution in [3.63, 3.8) is 0 Å². The molecule has 1 aromatic heterocycles. The van der Waals surface area contributed by atoms with Crippen molar-refractivity contribution in [1.29, 1.82) is 0 Å². The van der Waals surface area contributed by atoms with E-state index in [1.54, 1.807) is 0 Å². The maximum absolute atomic E-state index is 12.7. The minimum absolute atomic E-state index is 0. The zero-order chi connectivity index (χ0) is 14.1. The van der Waals surface area contributed by atoms with Crippen LogP contribution in [0.25, 0.3) is 0 Å². The molecule has 2 N–H and O–H groups in total. The Morgan fingerprint density at radius 1 is 1.48 bits per heavy atom. The van der Waals surface area contributed by atoms with Gasteiger partial charge in [0.05, 0.1) is 0 Å². The van der Waals surface area contributed by atoms with Gasteiger partial charge in [0.2, 0.25) is 0 Å². The third kappa shape index (κ3) is 3.38. The number of aromatic nitrogens is 2. The molecule has 1 aromatic rings. The number of hydrogen-bond donors (Lipinski definition) is 2. The zero-order valence-corrected chi connectivity index (χ0v) is 14.1. The number of H-pyrrole nitrogens is 1. The molecule has 0 radical (unpaired) electrons. The van der Waals surface area contributed by atoms with Crippen LogP contribution < -0.4 is 5.32 Å². The summed E-state index contributed by atoms with van der Waals surface area (Å²) in [6.45, 7) is 7.84. The highest BCUT2D eigenvalue weighted by Gasteiger charge is 2.30. The molecule has 7 heteroatoms. The van der Waals surface area contributed by atoms with Gasteiger partial charge in [0, 0.05) is 54.9 Å². The predicted octanol–water partition coefficient (Wildman–Crippen LogP) is 1.69. The van der Waals surface area contributed by atoms with E-state index in [-0.39, 0.29) is 18.3 Å². The van der Waals surface area contributed by atoms with E-state index in [9.17, 15) is 4.79 Å². The summed E-state index contributed by atoms with van der Waals surface area (Å²) in [6.07, 6.45) is 0.931. The van der Waals surface area contributed by atoms with Gasteiger partial charge in [-0.05, 0) is 5.92 Å². The van der Waals surface area contributed by atoms with Gasteiger partial charge < -0.3 is 10.2 Å². The highest BCUT2D eigenvalue weighted by Crippen LogP contribution is 2.26. The Balaban J connectivity index is 0.00000161. The second-order valence-electron chi connectivity index (χ2n) is 5.86. The molecule has 2 aliphatic rings. The summed E-state index contributed by atoms with van der Waals surface area (Å²) in [6, 6.07) is 0. The number of halogens is 1. The molecule has 118 valence electrons. The molecule has 3 rings (SSSR count). The molecule has 21 heavy (non-hydrogen) atoms. The van der Waals surface area contributed by atoms with Crippen LogP contribution in [-0.4, -0.2) is 51.6 Å². The van der Waals surface area contributed by atoms with Gasteiger partial charge in [-0.25, -0.2) is 0 Å². The molecule has 0 aromatic carbocycles. The largest absolute Gasteiger partial charge is 0.335 e. The molecule has 1 atom stereocenters. The number of carbonyl (C=O) groups is 1. The Kier molecular flexibility index (Phi) is 5.57. The topological polar surface area (TPSA) is 61.0 Å². The quantitative estimate of drug-likeness (QED) is 0.866. The monoisotopic (exact) mass is 330 g/mol. The number of fused-ring (bicyclic) bond motifs is 1. The van der Waals surface area contributed by atoms with E-state index in [0.29, 0.717) is 16.9 Å². The van der Waals surface area contributed by atoms with Gasteiger partial charge in [-0.2, -0.15) is 16.9 Å². The lowest BCUT2D eigenvalue weighted by atomic mass is 10.1. The van der Waals surface area contributed by atoms with Gasteiger partial charge >= 0.3 is 0 Å². The average Bonchev–Trinajstić information content (AvgIpc) is 2.90. The molecule has 0 spiro atoms. The first kappa shape index (κ1) is 16.6. The number of nitrogens with one attached hydrogen (secondary N) is 2. The molecule has 3 heterocycles. The Labute approximate surface area is 136 Å². The SMILES string of the molecule is CC(C)C1CN(C(=O)c2n[nH]c3c2CNCC3)CCS1.Cl. The number of nitrogens with zero attached hydrogens (tertiary/aromatic N) is 2. The fraction of sp³-hybridized carbons (Fsp3) is 0.714. The number of aromatic amines is 1. The van der Waals surface area contributed by atoms with Crippen molar-refractivity contribution >= 4 is 30.1 Å². The van der Waals surface area contributed by atoms with Crippen LogP contribution in [0.2, 0.25) is 0 Å². The van der Waals surface area contributed by atoms with Crippen LogP contribution in [0.5, 0.6) is 0 Å². The van der Waals surface area contributed by atoms with Gasteiger partial charge in [0.1, 0.15) is 0 Å². The fourth-order valence-corrected chi connectivity index (χ4v) is 4.11. The maximum atomic E-state index is 12.7. The van der Waals surface area contributed by atoms with Crippen molar-refractivity contribution < 1.29 is 4.79 Å². The van der Waals surface area contributed by atoms with E-state index in [0.717, 1.165) is 49.6 Å². The van der Waals surface area contributed by atoms with Crippen molar-refractivity contribution in [2.24, 2.45) is 5.92 Å². The van der Waals surface area contributed by atoms with Gasteiger partial charge in [0.15, 0.2) is 5.69 Å². The predicted molar refractivity (Wildman–Crippen MR) is 88.2 cm³/mol. The minimum atomic E-state index is 0. The first-order valence-corrected chi connectivity index (χ1v) is 8.39. The number of amides is 1.